The fourth-order valence-electron chi connectivity index (χ4n) is 2.66. The van der Waals surface area contributed by atoms with E-state index in [-0.39, 0.29) is 24.4 Å². The maximum atomic E-state index is 12.4. The number of oxazole rings is 1. The molecule has 1 aliphatic heterocycles. The maximum absolute atomic E-state index is 12.4. The number of nitrogens with zero attached hydrogens (tertiary/aromatic N) is 1. The Morgan fingerprint density at radius 2 is 2.17 bits per heavy atom. The van der Waals surface area contributed by atoms with Crippen LogP contribution in [0.1, 0.15) is 24.1 Å². The van der Waals surface area contributed by atoms with Gasteiger partial charge in [0.1, 0.15) is 12.4 Å². The Bertz CT molecular complexity index is 717. The monoisotopic (exact) mass is 351 g/mol. The third-order valence-electron chi connectivity index (χ3n) is 4.02. The summed E-state index contributed by atoms with van der Waals surface area (Å²) in [5.41, 5.74) is 8.94. The lowest BCUT2D eigenvalue weighted by atomic mass is 10.1. The zero-order valence-electron chi connectivity index (χ0n) is 13.7. The van der Waals surface area contributed by atoms with Crippen molar-refractivity contribution in [3.05, 3.63) is 35.7 Å². The van der Waals surface area contributed by atoms with Gasteiger partial charge in [-0.3, -0.25) is 4.79 Å². The Balaban J connectivity index is 0.00000208. The van der Waals surface area contributed by atoms with Crippen LogP contribution >= 0.6 is 12.4 Å². The Labute approximate surface area is 147 Å². The molecule has 1 aromatic carbocycles. The summed E-state index contributed by atoms with van der Waals surface area (Å²) in [6.07, 6.45) is 2.67. The molecule has 24 heavy (non-hydrogen) atoms. The molecule has 2 atom stereocenters. The molecule has 2 heterocycles. The number of benzene rings is 1. The summed E-state index contributed by atoms with van der Waals surface area (Å²) in [5, 5.41) is 2.94. The number of hydrogen-bond acceptors (Lipinski definition) is 5. The van der Waals surface area contributed by atoms with E-state index < -0.39 is 6.10 Å². The molecule has 3 rings (SSSR count). The molecule has 3 N–H and O–H groups in total. The Kier molecular flexibility index (Phi) is 5.99. The molecular weight excluding hydrogens is 330 g/mol. The van der Waals surface area contributed by atoms with Crippen molar-refractivity contribution in [3.8, 4) is 11.5 Å². The molecule has 1 fully saturated rings. The highest BCUT2D eigenvalue weighted by molar-refractivity contribution is 5.95. The zero-order chi connectivity index (χ0) is 16.4. The molecule has 0 bridgehead atoms. The van der Waals surface area contributed by atoms with E-state index in [1.165, 1.54) is 0 Å². The quantitative estimate of drug-likeness (QED) is 0.883. The molecule has 0 aliphatic carbocycles. The summed E-state index contributed by atoms with van der Waals surface area (Å²) in [4.78, 5) is 16.7. The molecule has 0 unspecified atom stereocenters. The van der Waals surface area contributed by atoms with Crippen molar-refractivity contribution in [2.24, 2.45) is 5.73 Å². The molecule has 6 nitrogen and oxygen atoms in total. The molecule has 0 spiro atoms. The molecular formula is C17H22ClN3O3. The smallest absolute Gasteiger partial charge is 0.253 e. The van der Waals surface area contributed by atoms with Crippen LogP contribution in [0.2, 0.25) is 0 Å². The Morgan fingerprint density at radius 1 is 1.38 bits per heavy atom. The molecule has 7 heteroatoms. The van der Waals surface area contributed by atoms with E-state index in [9.17, 15) is 4.79 Å². The first kappa shape index (κ1) is 18.4. The predicted molar refractivity (Wildman–Crippen MR) is 94.2 cm³/mol. The highest BCUT2D eigenvalue weighted by Crippen LogP contribution is 2.26. The van der Waals surface area contributed by atoms with Gasteiger partial charge in [-0.05, 0) is 44.4 Å². The number of nitrogens with two attached hydrogens (primary N) is 1. The Morgan fingerprint density at radius 3 is 2.79 bits per heavy atom. The number of anilines is 1. The first-order chi connectivity index (χ1) is 11.1. The van der Waals surface area contributed by atoms with Crippen LogP contribution in [0.3, 0.4) is 0 Å². The van der Waals surface area contributed by atoms with Gasteiger partial charge in [0.05, 0.1) is 11.8 Å². The largest absolute Gasteiger partial charge is 0.444 e. The van der Waals surface area contributed by atoms with Crippen LogP contribution in [-0.2, 0) is 9.53 Å². The van der Waals surface area contributed by atoms with Crippen molar-refractivity contribution in [3.63, 3.8) is 0 Å². The minimum atomic E-state index is -0.435. The van der Waals surface area contributed by atoms with Crippen molar-refractivity contribution < 1.29 is 13.9 Å². The van der Waals surface area contributed by atoms with E-state index in [0.717, 1.165) is 28.9 Å². The third kappa shape index (κ3) is 3.95. The summed E-state index contributed by atoms with van der Waals surface area (Å²) >= 11 is 0. The summed E-state index contributed by atoms with van der Waals surface area (Å²) in [6, 6.07) is 5.73. The van der Waals surface area contributed by atoms with Crippen LogP contribution in [0.15, 0.2) is 28.9 Å². The number of nitrogens with one attached hydrogen (secondary N) is 1. The van der Waals surface area contributed by atoms with Crippen molar-refractivity contribution in [2.75, 3.05) is 11.9 Å². The van der Waals surface area contributed by atoms with Gasteiger partial charge in [-0.15, -0.1) is 12.4 Å². The van der Waals surface area contributed by atoms with Gasteiger partial charge in [0.2, 0.25) is 5.89 Å². The van der Waals surface area contributed by atoms with Crippen LogP contribution < -0.4 is 11.1 Å². The minimum absolute atomic E-state index is 0. The SMILES string of the molecule is Cc1coc(-c2ccc(C)c(NC(=O)[C@@H]3CC[C@H](CN)O3)c2)n1.Cl. The predicted octanol–water partition coefficient (Wildman–Crippen LogP) is 2.83. The summed E-state index contributed by atoms with van der Waals surface area (Å²) in [7, 11) is 0. The number of ether oxygens (including phenoxy) is 1. The van der Waals surface area contributed by atoms with Gasteiger partial charge in [0, 0.05) is 17.8 Å². The number of aryl methyl sites for hydroxylation is 2. The lowest BCUT2D eigenvalue weighted by Gasteiger charge is -2.14. The first-order valence-corrected chi connectivity index (χ1v) is 7.76. The highest BCUT2D eigenvalue weighted by Gasteiger charge is 2.30. The van der Waals surface area contributed by atoms with Crippen molar-refractivity contribution in [1.29, 1.82) is 0 Å². The highest BCUT2D eigenvalue weighted by atomic mass is 35.5. The molecule has 130 valence electrons. The number of aromatic nitrogens is 1. The molecule has 1 aromatic heterocycles. The van der Waals surface area contributed by atoms with Crippen LogP contribution in [0.25, 0.3) is 11.5 Å². The fourth-order valence-corrected chi connectivity index (χ4v) is 2.66. The van der Waals surface area contributed by atoms with E-state index >= 15 is 0 Å². The summed E-state index contributed by atoms with van der Waals surface area (Å²) < 4.78 is 11.1. The molecule has 1 aliphatic rings. The van der Waals surface area contributed by atoms with Crippen LogP contribution in [0.4, 0.5) is 5.69 Å². The maximum Gasteiger partial charge on any atom is 0.253 e. The fraction of sp³-hybridized carbons (Fsp3) is 0.412. The molecule has 2 aromatic rings. The van der Waals surface area contributed by atoms with Crippen molar-refractivity contribution in [2.45, 2.75) is 38.9 Å². The second-order valence-electron chi connectivity index (χ2n) is 5.87. The number of carbonyl (C=O) groups excluding carboxylic acids is 1. The Hall–Kier alpha value is -1.89. The first-order valence-electron chi connectivity index (χ1n) is 7.76. The van der Waals surface area contributed by atoms with Gasteiger partial charge < -0.3 is 20.2 Å². The number of halogens is 1. The number of rotatable bonds is 4. The molecule has 1 amide bonds. The van der Waals surface area contributed by atoms with Crippen molar-refractivity contribution in [1.82, 2.24) is 4.98 Å². The number of hydrogen-bond donors (Lipinski definition) is 2. The van der Waals surface area contributed by atoms with E-state index in [0.29, 0.717) is 18.9 Å². The molecule has 0 radical (unpaired) electrons. The van der Waals surface area contributed by atoms with E-state index in [1.54, 1.807) is 6.26 Å². The second kappa shape index (κ2) is 7.79. The van der Waals surface area contributed by atoms with Gasteiger partial charge in [-0.25, -0.2) is 4.98 Å². The minimum Gasteiger partial charge on any atom is -0.444 e. The number of amides is 1. The standard InChI is InChI=1S/C17H21N3O3.ClH/c1-10-3-4-12(17-19-11(2)9-22-17)7-14(10)20-16(21)15-6-5-13(8-18)23-15;/h3-4,7,9,13,15H,5-6,8,18H2,1-2H3,(H,20,21);1H/t13-,15+;/m1./s1. The van der Waals surface area contributed by atoms with Gasteiger partial charge in [-0.1, -0.05) is 6.07 Å². The molecule has 0 saturated carbocycles. The van der Waals surface area contributed by atoms with E-state index in [1.807, 2.05) is 32.0 Å². The second-order valence-corrected chi connectivity index (χ2v) is 5.87. The van der Waals surface area contributed by atoms with Crippen molar-refractivity contribution >= 4 is 24.0 Å². The zero-order valence-corrected chi connectivity index (χ0v) is 14.6. The van der Waals surface area contributed by atoms with Gasteiger partial charge in [0.25, 0.3) is 5.91 Å². The van der Waals surface area contributed by atoms with E-state index in [2.05, 4.69) is 10.3 Å². The van der Waals surface area contributed by atoms with E-state index in [4.69, 9.17) is 14.9 Å². The topological polar surface area (TPSA) is 90.4 Å². The lowest BCUT2D eigenvalue weighted by Crippen LogP contribution is -2.30. The van der Waals surface area contributed by atoms with Gasteiger partial charge in [0.15, 0.2) is 0 Å². The van der Waals surface area contributed by atoms with Crippen LogP contribution in [0, 0.1) is 13.8 Å². The average molecular weight is 352 g/mol. The van der Waals surface area contributed by atoms with Gasteiger partial charge in [-0.2, -0.15) is 0 Å². The van der Waals surface area contributed by atoms with Crippen LogP contribution in [0.5, 0.6) is 0 Å². The van der Waals surface area contributed by atoms with Crippen LogP contribution in [-0.4, -0.2) is 29.6 Å². The number of carbonyl (C=O) groups is 1. The lowest BCUT2D eigenvalue weighted by molar-refractivity contribution is -0.126. The summed E-state index contributed by atoms with van der Waals surface area (Å²) in [5.74, 6) is 0.406. The summed E-state index contributed by atoms with van der Waals surface area (Å²) in [6.45, 7) is 4.26. The molecule has 1 saturated heterocycles. The third-order valence-corrected chi connectivity index (χ3v) is 4.02. The normalized spacial score (nSPS) is 19.8. The van der Waals surface area contributed by atoms with Gasteiger partial charge >= 0.3 is 0 Å². The average Bonchev–Trinajstić information content (AvgIpc) is 3.18.